The van der Waals surface area contributed by atoms with E-state index in [-0.39, 0.29) is 17.9 Å². The number of methoxy groups -OCH3 is 3. The molecule has 0 unspecified atom stereocenters. The number of carbonyl (C=O) groups excluding carboxylic acids is 1. The van der Waals surface area contributed by atoms with Gasteiger partial charge < -0.3 is 29.3 Å². The lowest BCUT2D eigenvalue weighted by Crippen LogP contribution is -2.61. The molecule has 2 heterocycles. The monoisotopic (exact) mass is 425 g/mol. The summed E-state index contributed by atoms with van der Waals surface area (Å²) in [6.07, 6.45) is 0.707. The zero-order chi connectivity index (χ0) is 21.8. The van der Waals surface area contributed by atoms with E-state index >= 15 is 0 Å². The molecule has 2 atom stereocenters. The standard InChI is InChI=1S/C24H31N3O4/c1-29-13-10-25-24(28)19-14-17-8-9-18(30-2)15-21(17)27-12-11-26(16-22(19)27)20-6-4-5-7-23(20)31-3/h4-9,15,19,22H,10-14,16H2,1-3H3,(H,25,28)/t19-,22-/m0/s1. The Balaban J connectivity index is 1.64. The van der Waals surface area contributed by atoms with Gasteiger partial charge in [-0.1, -0.05) is 18.2 Å². The highest BCUT2D eigenvalue weighted by Gasteiger charge is 2.42. The van der Waals surface area contributed by atoms with Crippen LogP contribution >= 0.6 is 0 Å². The number of carbonyl (C=O) groups is 1. The van der Waals surface area contributed by atoms with Gasteiger partial charge in [0.05, 0.1) is 38.5 Å². The highest BCUT2D eigenvalue weighted by Crippen LogP contribution is 2.40. The summed E-state index contributed by atoms with van der Waals surface area (Å²) in [5.74, 6) is 1.63. The van der Waals surface area contributed by atoms with Crippen LogP contribution in [0.1, 0.15) is 5.56 Å². The number of hydrogen-bond acceptors (Lipinski definition) is 6. The molecule has 2 aromatic carbocycles. The summed E-state index contributed by atoms with van der Waals surface area (Å²) in [6.45, 7) is 3.45. The van der Waals surface area contributed by atoms with Gasteiger partial charge in [0.25, 0.3) is 0 Å². The van der Waals surface area contributed by atoms with Crippen LogP contribution in [0.15, 0.2) is 42.5 Å². The first-order valence-electron chi connectivity index (χ1n) is 10.7. The summed E-state index contributed by atoms with van der Waals surface area (Å²) in [5, 5.41) is 3.06. The largest absolute Gasteiger partial charge is 0.497 e. The van der Waals surface area contributed by atoms with E-state index in [0.29, 0.717) is 19.6 Å². The van der Waals surface area contributed by atoms with Crippen LogP contribution in [0.2, 0.25) is 0 Å². The second kappa shape index (κ2) is 9.47. The molecule has 7 nitrogen and oxygen atoms in total. The Hall–Kier alpha value is -2.93. The number of hydrogen-bond donors (Lipinski definition) is 1. The third-order valence-corrected chi connectivity index (χ3v) is 6.29. The van der Waals surface area contributed by atoms with Crippen molar-refractivity contribution in [3.63, 3.8) is 0 Å². The van der Waals surface area contributed by atoms with Crippen molar-refractivity contribution in [2.75, 3.05) is 63.9 Å². The minimum Gasteiger partial charge on any atom is -0.497 e. The van der Waals surface area contributed by atoms with E-state index < -0.39 is 0 Å². The summed E-state index contributed by atoms with van der Waals surface area (Å²) in [4.78, 5) is 17.9. The molecular weight excluding hydrogens is 394 g/mol. The maximum absolute atomic E-state index is 13.2. The number of rotatable bonds is 7. The number of ether oxygens (including phenoxy) is 3. The molecule has 1 N–H and O–H groups in total. The second-order valence-corrected chi connectivity index (χ2v) is 7.97. The minimum atomic E-state index is -0.143. The highest BCUT2D eigenvalue weighted by molar-refractivity contribution is 5.82. The maximum atomic E-state index is 13.2. The third kappa shape index (κ3) is 4.28. The number of amides is 1. The topological polar surface area (TPSA) is 63.3 Å². The molecule has 0 bridgehead atoms. The van der Waals surface area contributed by atoms with Crippen molar-refractivity contribution < 1.29 is 19.0 Å². The van der Waals surface area contributed by atoms with Crippen LogP contribution in [0.4, 0.5) is 11.4 Å². The summed E-state index contributed by atoms with van der Waals surface area (Å²) in [7, 11) is 5.03. The van der Waals surface area contributed by atoms with Crippen molar-refractivity contribution in [1.29, 1.82) is 0 Å². The first-order chi connectivity index (χ1) is 15.2. The van der Waals surface area contributed by atoms with Crippen LogP contribution < -0.4 is 24.6 Å². The number of piperazine rings is 1. The molecule has 166 valence electrons. The van der Waals surface area contributed by atoms with Crippen LogP contribution in [0.25, 0.3) is 0 Å². The van der Waals surface area contributed by atoms with E-state index in [0.717, 1.165) is 36.8 Å². The second-order valence-electron chi connectivity index (χ2n) is 7.97. The van der Waals surface area contributed by atoms with E-state index in [1.165, 1.54) is 11.3 Å². The van der Waals surface area contributed by atoms with Crippen molar-refractivity contribution in [2.24, 2.45) is 5.92 Å². The van der Waals surface area contributed by atoms with Gasteiger partial charge in [0.2, 0.25) is 5.91 Å². The summed E-state index contributed by atoms with van der Waals surface area (Å²) in [6, 6.07) is 14.3. The minimum absolute atomic E-state index is 0.0563. The number of fused-ring (bicyclic) bond motifs is 3. The number of benzene rings is 2. The van der Waals surface area contributed by atoms with E-state index in [4.69, 9.17) is 14.2 Å². The Morgan fingerprint density at radius 2 is 1.90 bits per heavy atom. The van der Waals surface area contributed by atoms with Crippen molar-refractivity contribution in [2.45, 2.75) is 12.5 Å². The van der Waals surface area contributed by atoms with Gasteiger partial charge in [0.1, 0.15) is 11.5 Å². The molecular formula is C24H31N3O4. The number of nitrogens with zero attached hydrogens (tertiary/aromatic N) is 2. The molecule has 2 aliphatic heterocycles. The summed E-state index contributed by atoms with van der Waals surface area (Å²) < 4.78 is 16.2. The van der Waals surface area contributed by atoms with Crippen LogP contribution in [0, 0.1) is 5.92 Å². The molecule has 0 aromatic heterocycles. The summed E-state index contributed by atoms with van der Waals surface area (Å²) in [5.41, 5.74) is 3.43. The average molecular weight is 426 g/mol. The van der Waals surface area contributed by atoms with Gasteiger partial charge in [-0.15, -0.1) is 0 Å². The number of para-hydroxylation sites is 2. The SMILES string of the molecule is COCCNC(=O)[C@H]1Cc2ccc(OC)cc2N2CCN(c3ccccc3OC)C[C@@H]12. The van der Waals surface area contributed by atoms with E-state index in [1.807, 2.05) is 24.3 Å². The Morgan fingerprint density at radius 3 is 2.68 bits per heavy atom. The predicted molar refractivity (Wildman–Crippen MR) is 121 cm³/mol. The molecule has 31 heavy (non-hydrogen) atoms. The lowest BCUT2D eigenvalue weighted by molar-refractivity contribution is -0.126. The Bertz CT molecular complexity index is 919. The normalized spacial score (nSPS) is 20.0. The molecule has 4 rings (SSSR count). The average Bonchev–Trinajstić information content (AvgIpc) is 2.82. The Labute approximate surface area is 183 Å². The lowest BCUT2D eigenvalue weighted by atomic mass is 9.83. The molecule has 1 saturated heterocycles. The highest BCUT2D eigenvalue weighted by atomic mass is 16.5. The van der Waals surface area contributed by atoms with Gasteiger partial charge in [-0.2, -0.15) is 0 Å². The molecule has 0 saturated carbocycles. The molecule has 0 aliphatic carbocycles. The van der Waals surface area contributed by atoms with E-state index in [9.17, 15) is 4.79 Å². The van der Waals surface area contributed by atoms with E-state index in [1.54, 1.807) is 21.3 Å². The van der Waals surface area contributed by atoms with Crippen LogP contribution in [0.5, 0.6) is 11.5 Å². The first kappa shape index (κ1) is 21.3. The quantitative estimate of drug-likeness (QED) is 0.687. The smallest absolute Gasteiger partial charge is 0.225 e. The molecule has 1 amide bonds. The molecule has 0 radical (unpaired) electrons. The fourth-order valence-electron chi connectivity index (χ4n) is 4.72. The van der Waals surface area contributed by atoms with Gasteiger partial charge in [-0.25, -0.2) is 0 Å². The van der Waals surface area contributed by atoms with Crippen LogP contribution in [-0.2, 0) is 16.0 Å². The van der Waals surface area contributed by atoms with Crippen molar-refractivity contribution >= 4 is 17.3 Å². The van der Waals surface area contributed by atoms with Crippen molar-refractivity contribution in [3.8, 4) is 11.5 Å². The van der Waals surface area contributed by atoms with E-state index in [2.05, 4.69) is 33.3 Å². The van der Waals surface area contributed by atoms with Crippen molar-refractivity contribution in [3.05, 3.63) is 48.0 Å². The van der Waals surface area contributed by atoms with Gasteiger partial charge in [-0.3, -0.25) is 4.79 Å². The molecule has 7 heteroatoms. The third-order valence-electron chi connectivity index (χ3n) is 6.29. The Morgan fingerprint density at radius 1 is 1.06 bits per heavy atom. The van der Waals surface area contributed by atoms with Gasteiger partial charge >= 0.3 is 0 Å². The molecule has 2 aliphatic rings. The van der Waals surface area contributed by atoms with Crippen LogP contribution in [0.3, 0.4) is 0 Å². The van der Waals surface area contributed by atoms with Crippen molar-refractivity contribution in [1.82, 2.24) is 5.32 Å². The summed E-state index contributed by atoms with van der Waals surface area (Å²) >= 11 is 0. The number of nitrogens with one attached hydrogen (secondary N) is 1. The maximum Gasteiger partial charge on any atom is 0.225 e. The van der Waals surface area contributed by atoms with Gasteiger partial charge in [0, 0.05) is 45.0 Å². The fraction of sp³-hybridized carbons (Fsp3) is 0.458. The zero-order valence-corrected chi connectivity index (χ0v) is 18.5. The van der Waals surface area contributed by atoms with Gasteiger partial charge in [0.15, 0.2) is 0 Å². The fourth-order valence-corrected chi connectivity index (χ4v) is 4.72. The van der Waals surface area contributed by atoms with Crippen LogP contribution in [-0.4, -0.2) is 66.1 Å². The first-order valence-corrected chi connectivity index (χ1v) is 10.7. The lowest BCUT2D eigenvalue weighted by Gasteiger charge is -2.49. The molecule has 0 spiro atoms. The Kier molecular flexibility index (Phi) is 6.51. The van der Waals surface area contributed by atoms with Gasteiger partial charge in [-0.05, 0) is 30.2 Å². The molecule has 2 aromatic rings. The number of anilines is 2. The predicted octanol–water partition coefficient (Wildman–Crippen LogP) is 2.33. The molecule has 1 fully saturated rings. The zero-order valence-electron chi connectivity index (χ0n) is 18.5.